The highest BCUT2D eigenvalue weighted by atomic mass is 15.1. The van der Waals surface area contributed by atoms with Crippen molar-refractivity contribution in [2.24, 2.45) is 0 Å². The molecule has 1 fully saturated rings. The minimum atomic E-state index is -0.301. The maximum Gasteiger partial charge on any atom is 0.109 e. The minimum Gasteiger partial charge on any atom is -0.306 e. The van der Waals surface area contributed by atoms with Gasteiger partial charge in [-0.1, -0.05) is 0 Å². The van der Waals surface area contributed by atoms with Crippen LogP contribution >= 0.6 is 0 Å². The van der Waals surface area contributed by atoms with Gasteiger partial charge in [0.05, 0.1) is 6.07 Å². The third kappa shape index (κ3) is 2.97. The third-order valence-corrected chi connectivity index (χ3v) is 2.67. The summed E-state index contributed by atoms with van der Waals surface area (Å²) in [4.78, 5) is 2.28. The molecule has 0 saturated carbocycles. The van der Waals surface area contributed by atoms with E-state index < -0.39 is 0 Å². The summed E-state index contributed by atoms with van der Waals surface area (Å²) in [5.74, 6) is 0. The van der Waals surface area contributed by atoms with E-state index >= 15 is 0 Å². The summed E-state index contributed by atoms with van der Waals surface area (Å²) in [5, 5.41) is 12.7. The number of nitriles is 1. The lowest BCUT2D eigenvalue weighted by Gasteiger charge is -2.40. The summed E-state index contributed by atoms with van der Waals surface area (Å²) in [7, 11) is 2.11. The van der Waals surface area contributed by atoms with Crippen LogP contribution in [0.4, 0.5) is 0 Å². The van der Waals surface area contributed by atoms with Crippen LogP contribution in [0.25, 0.3) is 0 Å². The van der Waals surface area contributed by atoms with E-state index in [0.29, 0.717) is 0 Å². The average molecular weight is 197 g/mol. The lowest BCUT2D eigenvalue weighted by molar-refractivity contribution is 0.168. The fraction of sp³-hybridized carbons (Fsp3) is 0.909. The van der Waals surface area contributed by atoms with Gasteiger partial charge in [-0.3, -0.25) is 5.32 Å². The van der Waals surface area contributed by atoms with Crippen molar-refractivity contribution in [1.29, 1.82) is 5.26 Å². The molecule has 0 unspecified atom stereocenters. The molecule has 1 heterocycles. The number of likely N-dealkylation sites (tertiary alicyclic amines) is 1. The summed E-state index contributed by atoms with van der Waals surface area (Å²) in [5.41, 5.74) is -0.281. The van der Waals surface area contributed by atoms with Crippen molar-refractivity contribution in [1.82, 2.24) is 10.2 Å². The Labute approximate surface area is 88.6 Å². The minimum absolute atomic E-state index is 0. The Hall–Kier alpha value is -0.590. The Morgan fingerprint density at radius 1 is 1.36 bits per heavy atom. The fourth-order valence-electron chi connectivity index (χ4n) is 1.98. The van der Waals surface area contributed by atoms with Crippen LogP contribution in [0.1, 0.15) is 35.0 Å². The molecule has 0 atom stereocenters. The van der Waals surface area contributed by atoms with Crippen molar-refractivity contribution in [3.63, 3.8) is 0 Å². The monoisotopic (exact) mass is 197 g/mol. The zero-order chi connectivity index (χ0) is 10.8. The van der Waals surface area contributed by atoms with Crippen LogP contribution in [-0.4, -0.2) is 36.1 Å². The van der Waals surface area contributed by atoms with Gasteiger partial charge in [0.25, 0.3) is 0 Å². The molecule has 0 aromatic carbocycles. The Bertz CT molecular complexity index is 231. The van der Waals surface area contributed by atoms with Crippen LogP contribution in [0.3, 0.4) is 0 Å². The molecule has 1 rings (SSSR count). The molecule has 14 heavy (non-hydrogen) atoms. The number of piperidine rings is 1. The molecule has 82 valence electrons. The van der Waals surface area contributed by atoms with E-state index in [1.54, 1.807) is 0 Å². The van der Waals surface area contributed by atoms with Gasteiger partial charge in [0, 0.05) is 20.1 Å². The molecule has 3 heteroatoms. The molecule has 0 aliphatic carbocycles. The second-order valence-corrected chi connectivity index (χ2v) is 5.37. The lowest BCUT2D eigenvalue weighted by Crippen LogP contribution is -2.57. The fourth-order valence-corrected chi connectivity index (χ4v) is 1.98. The number of nitrogens with zero attached hydrogens (tertiary/aromatic N) is 2. The van der Waals surface area contributed by atoms with Gasteiger partial charge in [-0.25, -0.2) is 0 Å². The molecule has 1 N–H and O–H groups in total. The maximum absolute atomic E-state index is 9.26. The first-order valence-electron chi connectivity index (χ1n) is 5.26. The van der Waals surface area contributed by atoms with E-state index in [4.69, 9.17) is 0 Å². The summed E-state index contributed by atoms with van der Waals surface area (Å²) >= 11 is 0. The Morgan fingerprint density at radius 2 is 1.86 bits per heavy atom. The Balaban J connectivity index is 0.00000196. The molecule has 0 aromatic rings. The third-order valence-electron chi connectivity index (χ3n) is 2.67. The number of nitrogens with one attached hydrogen (secondary N) is 1. The van der Waals surface area contributed by atoms with Gasteiger partial charge in [-0.15, -0.1) is 0 Å². The van der Waals surface area contributed by atoms with Gasteiger partial charge in [-0.05, 0) is 40.7 Å². The quantitative estimate of drug-likeness (QED) is 0.694. The Kier molecular flexibility index (Phi) is 3.18. The summed E-state index contributed by atoms with van der Waals surface area (Å²) in [6.45, 7) is 8.37. The first-order chi connectivity index (χ1) is 6.37. The van der Waals surface area contributed by atoms with Gasteiger partial charge in [0.1, 0.15) is 5.54 Å². The van der Waals surface area contributed by atoms with Crippen LogP contribution < -0.4 is 5.32 Å². The van der Waals surface area contributed by atoms with Gasteiger partial charge in [0.15, 0.2) is 0 Å². The molecule has 0 spiro atoms. The highest BCUT2D eigenvalue weighted by Gasteiger charge is 2.36. The van der Waals surface area contributed by atoms with Crippen molar-refractivity contribution >= 4 is 0 Å². The summed E-state index contributed by atoms with van der Waals surface area (Å²) < 4.78 is 0. The molecule has 0 radical (unpaired) electrons. The smallest absolute Gasteiger partial charge is 0.109 e. The van der Waals surface area contributed by atoms with E-state index in [1.807, 2.05) is 0 Å². The van der Waals surface area contributed by atoms with E-state index in [1.165, 1.54) is 0 Å². The van der Waals surface area contributed by atoms with E-state index in [0.717, 1.165) is 25.9 Å². The van der Waals surface area contributed by atoms with Crippen LogP contribution in [0.2, 0.25) is 0 Å². The predicted octanol–water partition coefficient (Wildman–Crippen LogP) is 1.61. The average Bonchev–Trinajstić information content (AvgIpc) is 2.07. The first kappa shape index (κ1) is 11.5. The largest absolute Gasteiger partial charge is 0.306 e. The zero-order valence-corrected chi connectivity index (χ0v) is 9.72. The van der Waals surface area contributed by atoms with Gasteiger partial charge in [0.2, 0.25) is 0 Å². The van der Waals surface area contributed by atoms with E-state index in [-0.39, 0.29) is 12.5 Å². The van der Waals surface area contributed by atoms with Crippen molar-refractivity contribution < 1.29 is 1.43 Å². The van der Waals surface area contributed by atoms with E-state index in [2.05, 4.69) is 44.1 Å². The van der Waals surface area contributed by atoms with Crippen LogP contribution in [0.5, 0.6) is 0 Å². The van der Waals surface area contributed by atoms with Crippen molar-refractivity contribution in [2.75, 3.05) is 20.1 Å². The van der Waals surface area contributed by atoms with Crippen LogP contribution in [0, 0.1) is 11.3 Å². The second-order valence-electron chi connectivity index (χ2n) is 5.37. The molecular weight excluding hydrogens is 174 g/mol. The molecule has 0 aromatic heterocycles. The highest BCUT2D eigenvalue weighted by molar-refractivity contribution is 5.11. The van der Waals surface area contributed by atoms with Crippen molar-refractivity contribution in [3.8, 4) is 6.07 Å². The van der Waals surface area contributed by atoms with Gasteiger partial charge < -0.3 is 4.90 Å². The number of hydrogen-bond donors (Lipinski definition) is 1. The molecule has 1 aliphatic heterocycles. The van der Waals surface area contributed by atoms with Crippen LogP contribution in [0.15, 0.2) is 0 Å². The number of hydrogen-bond acceptors (Lipinski definition) is 3. The standard InChI is InChI=1S/C11H21N3.H2/c1-10(2,3)13-11(9-12)5-7-14(4)8-6-11;/h13H,5-8H2,1-4H3;1H. The molecule has 1 saturated heterocycles. The second kappa shape index (κ2) is 3.88. The maximum atomic E-state index is 9.26. The van der Waals surface area contributed by atoms with Crippen LogP contribution in [-0.2, 0) is 0 Å². The zero-order valence-electron chi connectivity index (χ0n) is 9.72. The Morgan fingerprint density at radius 3 is 2.21 bits per heavy atom. The molecule has 0 amide bonds. The summed E-state index contributed by atoms with van der Waals surface area (Å²) in [6.07, 6.45) is 1.86. The van der Waals surface area contributed by atoms with Gasteiger partial charge >= 0.3 is 0 Å². The molecular formula is C11H23N3. The lowest BCUT2D eigenvalue weighted by atomic mass is 9.86. The van der Waals surface area contributed by atoms with Crippen molar-refractivity contribution in [2.45, 2.75) is 44.7 Å². The topological polar surface area (TPSA) is 39.1 Å². The molecule has 3 nitrogen and oxygen atoms in total. The summed E-state index contributed by atoms with van der Waals surface area (Å²) in [6, 6.07) is 2.46. The van der Waals surface area contributed by atoms with Crippen molar-refractivity contribution in [3.05, 3.63) is 0 Å². The van der Waals surface area contributed by atoms with Gasteiger partial charge in [-0.2, -0.15) is 5.26 Å². The number of rotatable bonds is 1. The molecule has 0 bridgehead atoms. The highest BCUT2D eigenvalue weighted by Crippen LogP contribution is 2.23. The normalized spacial score (nSPS) is 23.1. The first-order valence-corrected chi connectivity index (χ1v) is 5.26. The SMILES string of the molecule is CN1CCC(C#N)(NC(C)(C)C)CC1.[HH]. The molecule has 1 aliphatic rings. The predicted molar refractivity (Wildman–Crippen MR) is 60.1 cm³/mol. The van der Waals surface area contributed by atoms with E-state index in [9.17, 15) is 5.26 Å².